The molecule has 0 radical (unpaired) electrons. The van der Waals surface area contributed by atoms with Gasteiger partial charge in [-0.25, -0.2) is 0 Å². The fourth-order valence-corrected chi connectivity index (χ4v) is 1.41. The van der Waals surface area contributed by atoms with Gasteiger partial charge in [-0.1, -0.05) is 18.2 Å². The minimum absolute atomic E-state index is 0.0277. The number of hydrogen-bond donors (Lipinski definition) is 2. The molecule has 0 bridgehead atoms. The maximum absolute atomic E-state index is 11.5. The Morgan fingerprint density at radius 1 is 1.21 bits per heavy atom. The van der Waals surface area contributed by atoms with Crippen LogP contribution in [-0.2, 0) is 9.53 Å². The Labute approximate surface area is 114 Å². The van der Waals surface area contributed by atoms with Gasteiger partial charge in [0, 0.05) is 18.8 Å². The van der Waals surface area contributed by atoms with Crippen molar-refractivity contribution in [2.24, 2.45) is 0 Å². The lowest BCUT2D eigenvalue weighted by atomic mass is 10.3. The summed E-state index contributed by atoms with van der Waals surface area (Å²) < 4.78 is 5.38. The number of likely N-dealkylation sites (N-methyl/N-ethyl adjacent to an activating group) is 1. The number of carbonyl (C=O) groups excluding carboxylic acids is 1. The lowest BCUT2D eigenvalue weighted by molar-refractivity contribution is -0.119. The van der Waals surface area contributed by atoms with Crippen molar-refractivity contribution in [1.29, 1.82) is 0 Å². The summed E-state index contributed by atoms with van der Waals surface area (Å²) in [5.74, 6) is -0.0277. The van der Waals surface area contributed by atoms with Gasteiger partial charge in [0.15, 0.2) is 0 Å². The summed E-state index contributed by atoms with van der Waals surface area (Å²) in [5.41, 5.74) is 0.944. The van der Waals surface area contributed by atoms with Gasteiger partial charge in [-0.2, -0.15) is 0 Å². The van der Waals surface area contributed by atoms with E-state index in [-0.39, 0.29) is 12.5 Å². The van der Waals surface area contributed by atoms with Crippen LogP contribution < -0.4 is 10.6 Å². The van der Waals surface area contributed by atoms with E-state index >= 15 is 0 Å². The van der Waals surface area contributed by atoms with E-state index in [2.05, 4.69) is 15.5 Å². The summed E-state index contributed by atoms with van der Waals surface area (Å²) in [5, 5.41) is 5.85. The zero-order valence-electron chi connectivity index (χ0n) is 11.7. The molecular weight excluding hydrogens is 242 g/mol. The van der Waals surface area contributed by atoms with Crippen LogP contribution in [0, 0.1) is 0 Å². The molecule has 0 fully saturated rings. The molecule has 0 spiro atoms. The first-order valence-electron chi connectivity index (χ1n) is 6.46. The summed E-state index contributed by atoms with van der Waals surface area (Å²) in [7, 11) is 4.00. The Balaban J connectivity index is 1.99. The molecule has 1 amide bonds. The van der Waals surface area contributed by atoms with E-state index in [0.717, 1.165) is 12.2 Å². The van der Waals surface area contributed by atoms with Crippen molar-refractivity contribution in [3.63, 3.8) is 0 Å². The molecule has 1 aromatic carbocycles. The smallest absolute Gasteiger partial charge is 0.239 e. The highest BCUT2D eigenvalue weighted by Gasteiger charge is 2.00. The first-order chi connectivity index (χ1) is 9.18. The average Bonchev–Trinajstić information content (AvgIpc) is 2.41. The van der Waals surface area contributed by atoms with Crippen molar-refractivity contribution in [2.75, 3.05) is 52.3 Å². The van der Waals surface area contributed by atoms with E-state index in [4.69, 9.17) is 4.74 Å². The molecule has 0 atom stereocenters. The molecule has 106 valence electrons. The van der Waals surface area contributed by atoms with Crippen molar-refractivity contribution < 1.29 is 9.53 Å². The zero-order valence-corrected chi connectivity index (χ0v) is 11.7. The number of anilines is 1. The third-order valence-electron chi connectivity index (χ3n) is 2.48. The van der Waals surface area contributed by atoms with Crippen LogP contribution in [0.4, 0.5) is 5.69 Å². The van der Waals surface area contributed by atoms with E-state index < -0.39 is 0 Å². The average molecular weight is 265 g/mol. The van der Waals surface area contributed by atoms with Crippen LogP contribution >= 0.6 is 0 Å². The third-order valence-corrected chi connectivity index (χ3v) is 2.48. The van der Waals surface area contributed by atoms with Crippen molar-refractivity contribution >= 4 is 11.6 Å². The summed E-state index contributed by atoms with van der Waals surface area (Å²) in [6.07, 6.45) is 0. The molecule has 0 aliphatic rings. The number of para-hydroxylation sites is 1. The summed E-state index contributed by atoms with van der Waals surface area (Å²) >= 11 is 0. The quantitative estimate of drug-likeness (QED) is 0.648. The van der Waals surface area contributed by atoms with Crippen LogP contribution in [0.5, 0.6) is 0 Å². The van der Waals surface area contributed by atoms with Crippen molar-refractivity contribution in [1.82, 2.24) is 10.2 Å². The van der Waals surface area contributed by atoms with Gasteiger partial charge in [0.1, 0.15) is 0 Å². The number of nitrogens with one attached hydrogen (secondary N) is 2. The second-order valence-corrected chi connectivity index (χ2v) is 4.49. The topological polar surface area (TPSA) is 53.6 Å². The van der Waals surface area contributed by atoms with Crippen LogP contribution in [0.2, 0.25) is 0 Å². The maximum atomic E-state index is 11.5. The second-order valence-electron chi connectivity index (χ2n) is 4.49. The van der Waals surface area contributed by atoms with Crippen LogP contribution in [0.3, 0.4) is 0 Å². The van der Waals surface area contributed by atoms with Crippen LogP contribution in [0.1, 0.15) is 0 Å². The number of nitrogens with zero attached hydrogens (tertiary/aromatic N) is 1. The largest absolute Gasteiger partial charge is 0.378 e. The third kappa shape index (κ3) is 8.18. The van der Waals surface area contributed by atoms with Crippen LogP contribution in [0.25, 0.3) is 0 Å². The summed E-state index contributed by atoms with van der Waals surface area (Å²) in [6, 6.07) is 9.66. The highest BCUT2D eigenvalue weighted by atomic mass is 16.5. The van der Waals surface area contributed by atoms with Crippen molar-refractivity contribution in [2.45, 2.75) is 0 Å². The molecule has 1 rings (SSSR count). The Bertz CT molecular complexity index is 355. The molecule has 19 heavy (non-hydrogen) atoms. The zero-order chi connectivity index (χ0) is 13.9. The first-order valence-corrected chi connectivity index (χ1v) is 6.46. The summed E-state index contributed by atoms with van der Waals surface area (Å²) in [6.45, 7) is 2.95. The van der Waals surface area contributed by atoms with Crippen LogP contribution in [-0.4, -0.2) is 57.8 Å². The van der Waals surface area contributed by atoms with Gasteiger partial charge in [-0.05, 0) is 26.2 Å². The molecule has 0 aliphatic heterocycles. The Morgan fingerprint density at radius 2 is 1.95 bits per heavy atom. The molecule has 0 unspecified atom stereocenters. The minimum atomic E-state index is -0.0277. The second kappa shape index (κ2) is 9.35. The molecule has 0 saturated carbocycles. The molecular formula is C14H23N3O2. The molecule has 1 aromatic rings. The number of rotatable bonds is 9. The predicted molar refractivity (Wildman–Crippen MR) is 77.3 cm³/mol. The number of benzene rings is 1. The van der Waals surface area contributed by atoms with Gasteiger partial charge in [0.25, 0.3) is 0 Å². The number of carbonyl (C=O) groups is 1. The lowest BCUT2D eigenvalue weighted by Crippen LogP contribution is -2.32. The van der Waals surface area contributed by atoms with Gasteiger partial charge >= 0.3 is 0 Å². The fourth-order valence-electron chi connectivity index (χ4n) is 1.41. The fraction of sp³-hybridized carbons (Fsp3) is 0.500. The van der Waals surface area contributed by atoms with Gasteiger partial charge < -0.3 is 20.3 Å². The molecule has 0 saturated heterocycles. The molecule has 5 nitrogen and oxygen atoms in total. The highest BCUT2D eigenvalue weighted by molar-refractivity contribution is 5.80. The monoisotopic (exact) mass is 265 g/mol. The molecule has 5 heteroatoms. The first kappa shape index (κ1) is 15.5. The number of ether oxygens (including phenoxy) is 1. The number of hydrogen-bond acceptors (Lipinski definition) is 4. The molecule has 0 aromatic heterocycles. The van der Waals surface area contributed by atoms with Crippen molar-refractivity contribution in [3.05, 3.63) is 30.3 Å². The Hall–Kier alpha value is -1.59. The number of amides is 1. The van der Waals surface area contributed by atoms with E-state index in [1.54, 1.807) is 0 Å². The van der Waals surface area contributed by atoms with Crippen molar-refractivity contribution in [3.8, 4) is 0 Å². The standard InChI is InChI=1S/C14H23N3O2/c1-17(2)9-11-19-10-8-15-14(18)12-16-13-6-4-3-5-7-13/h3-7,16H,8-12H2,1-2H3,(H,15,18). The SMILES string of the molecule is CN(C)CCOCCNC(=O)CNc1ccccc1. The summed E-state index contributed by atoms with van der Waals surface area (Å²) in [4.78, 5) is 13.6. The van der Waals surface area contributed by atoms with E-state index in [0.29, 0.717) is 19.8 Å². The van der Waals surface area contributed by atoms with Crippen LogP contribution in [0.15, 0.2) is 30.3 Å². The lowest BCUT2D eigenvalue weighted by Gasteiger charge is -2.10. The van der Waals surface area contributed by atoms with Gasteiger partial charge in [-0.3, -0.25) is 4.79 Å². The molecule has 2 N–H and O–H groups in total. The van der Waals surface area contributed by atoms with E-state index in [1.807, 2.05) is 44.4 Å². The minimum Gasteiger partial charge on any atom is -0.378 e. The van der Waals surface area contributed by atoms with E-state index in [9.17, 15) is 4.79 Å². The Kier molecular flexibility index (Phi) is 7.62. The Morgan fingerprint density at radius 3 is 2.63 bits per heavy atom. The van der Waals surface area contributed by atoms with E-state index in [1.165, 1.54) is 0 Å². The van der Waals surface area contributed by atoms with Gasteiger partial charge in [0.05, 0.1) is 19.8 Å². The van der Waals surface area contributed by atoms with Gasteiger partial charge in [0.2, 0.25) is 5.91 Å². The highest BCUT2D eigenvalue weighted by Crippen LogP contribution is 2.03. The predicted octanol–water partition coefficient (Wildman–Crippen LogP) is 0.793. The normalized spacial score (nSPS) is 10.5. The molecule has 0 heterocycles. The van der Waals surface area contributed by atoms with Gasteiger partial charge in [-0.15, -0.1) is 0 Å². The maximum Gasteiger partial charge on any atom is 0.239 e. The molecule has 0 aliphatic carbocycles.